The van der Waals surface area contributed by atoms with Gasteiger partial charge in [-0.3, -0.25) is 9.59 Å². The van der Waals surface area contributed by atoms with Crippen LogP contribution >= 0.6 is 0 Å². The maximum Gasteiger partial charge on any atom is 0.260 e. The van der Waals surface area contributed by atoms with Gasteiger partial charge in [0.25, 0.3) is 11.8 Å². The number of hydrogen-bond donors (Lipinski definition) is 2. The number of carbonyl (C=O) groups excluding carboxylic acids is 2. The van der Waals surface area contributed by atoms with Crippen LogP contribution in [0, 0.1) is 11.3 Å². The number of rotatable bonds is 1. The van der Waals surface area contributed by atoms with Crippen molar-refractivity contribution >= 4 is 23.1 Å². The first-order valence-electron chi connectivity index (χ1n) is 4.50. The number of nitriles is 1. The van der Waals surface area contributed by atoms with Crippen molar-refractivity contribution in [2.45, 2.75) is 0 Å². The van der Waals surface area contributed by atoms with E-state index in [1.54, 1.807) is 30.3 Å². The molecule has 0 atom stereocenters. The van der Waals surface area contributed by atoms with E-state index in [0.29, 0.717) is 11.3 Å². The molecule has 3 N–H and O–H groups in total. The van der Waals surface area contributed by atoms with Gasteiger partial charge in [-0.15, -0.1) is 0 Å². The van der Waals surface area contributed by atoms with Crippen molar-refractivity contribution in [1.82, 2.24) is 0 Å². The third kappa shape index (κ3) is 1.33. The molecule has 2 amide bonds. The fourth-order valence-corrected chi connectivity index (χ4v) is 1.60. The quantitative estimate of drug-likeness (QED) is 0.522. The second kappa shape index (κ2) is 3.51. The lowest BCUT2D eigenvalue weighted by Gasteiger charge is -1.98. The Bertz CT molecular complexity index is 567. The van der Waals surface area contributed by atoms with Crippen LogP contribution in [0.1, 0.15) is 5.56 Å². The van der Waals surface area contributed by atoms with Crippen LogP contribution in [0.15, 0.2) is 29.8 Å². The molecule has 5 heteroatoms. The summed E-state index contributed by atoms with van der Waals surface area (Å²) < 4.78 is 0. The Hall–Kier alpha value is -2.61. The summed E-state index contributed by atoms with van der Waals surface area (Å²) in [6, 6.07) is 8.47. The van der Waals surface area contributed by atoms with Crippen LogP contribution in [-0.4, -0.2) is 11.8 Å². The highest BCUT2D eigenvalue weighted by molar-refractivity contribution is 6.36. The van der Waals surface area contributed by atoms with Crippen LogP contribution in [0.5, 0.6) is 0 Å². The predicted octanol–water partition coefficient (Wildman–Crippen LogP) is 0.401. The molecule has 1 heterocycles. The average Bonchev–Trinajstić information content (AvgIpc) is 2.57. The number of hydrogen-bond acceptors (Lipinski definition) is 3. The maximum atomic E-state index is 11.6. The van der Waals surface area contributed by atoms with E-state index in [1.165, 1.54) is 0 Å². The van der Waals surface area contributed by atoms with E-state index in [0.717, 1.165) is 0 Å². The van der Waals surface area contributed by atoms with Gasteiger partial charge in [0.15, 0.2) is 0 Å². The molecule has 0 spiro atoms. The first kappa shape index (κ1) is 9.93. The van der Waals surface area contributed by atoms with Crippen LogP contribution < -0.4 is 11.1 Å². The van der Waals surface area contributed by atoms with Gasteiger partial charge >= 0.3 is 0 Å². The summed E-state index contributed by atoms with van der Waals surface area (Å²) in [6.45, 7) is 0. The second-order valence-corrected chi connectivity index (χ2v) is 3.23. The molecule has 0 unspecified atom stereocenters. The Kier molecular flexibility index (Phi) is 2.18. The van der Waals surface area contributed by atoms with Crippen molar-refractivity contribution in [3.63, 3.8) is 0 Å². The minimum absolute atomic E-state index is 0.0469. The predicted molar refractivity (Wildman–Crippen MR) is 56.8 cm³/mol. The minimum Gasteiger partial charge on any atom is -0.365 e. The molecule has 0 bridgehead atoms. The van der Waals surface area contributed by atoms with Gasteiger partial charge in [-0.25, -0.2) is 0 Å². The van der Waals surface area contributed by atoms with Crippen molar-refractivity contribution < 1.29 is 9.59 Å². The molecule has 1 aliphatic heterocycles. The fraction of sp³-hybridized carbons (Fsp3) is 0. The molecule has 5 nitrogen and oxygen atoms in total. The van der Waals surface area contributed by atoms with Gasteiger partial charge < -0.3 is 11.1 Å². The molecule has 1 aliphatic rings. The van der Waals surface area contributed by atoms with E-state index in [1.807, 2.05) is 0 Å². The van der Waals surface area contributed by atoms with Crippen LogP contribution in [0.2, 0.25) is 0 Å². The number of carbonyl (C=O) groups is 2. The number of amides is 2. The minimum atomic E-state index is -0.899. The van der Waals surface area contributed by atoms with Gasteiger partial charge in [0, 0.05) is 11.3 Å². The normalized spacial score (nSPS) is 16.1. The number of nitrogens with two attached hydrogens (primary N) is 1. The Morgan fingerprint density at radius 1 is 1.38 bits per heavy atom. The Morgan fingerprint density at radius 2 is 2.06 bits per heavy atom. The maximum absolute atomic E-state index is 11.6. The molecule has 1 aromatic rings. The van der Waals surface area contributed by atoms with Crippen molar-refractivity contribution in [3.05, 3.63) is 35.4 Å². The van der Waals surface area contributed by atoms with Crippen molar-refractivity contribution in [2.24, 2.45) is 5.73 Å². The second-order valence-electron chi connectivity index (χ2n) is 3.23. The SMILES string of the molecule is N#C/C(C(N)=O)=C1/C(=O)Nc2ccccc21. The summed E-state index contributed by atoms with van der Waals surface area (Å²) in [5, 5.41) is 11.4. The highest BCUT2D eigenvalue weighted by atomic mass is 16.2. The van der Waals surface area contributed by atoms with Gasteiger partial charge in [-0.1, -0.05) is 18.2 Å². The number of fused-ring (bicyclic) bond motifs is 1. The summed E-state index contributed by atoms with van der Waals surface area (Å²) in [6.07, 6.45) is 0. The molecule has 0 saturated heterocycles. The number of anilines is 1. The Morgan fingerprint density at radius 3 is 2.69 bits per heavy atom. The van der Waals surface area contributed by atoms with Crippen molar-refractivity contribution in [2.75, 3.05) is 5.32 Å². The molecular formula is C11H7N3O2. The largest absolute Gasteiger partial charge is 0.365 e. The number of nitrogens with one attached hydrogen (secondary N) is 1. The zero-order valence-electron chi connectivity index (χ0n) is 8.15. The fourth-order valence-electron chi connectivity index (χ4n) is 1.60. The van der Waals surface area contributed by atoms with E-state index < -0.39 is 11.8 Å². The van der Waals surface area contributed by atoms with Gasteiger partial charge in [0.1, 0.15) is 11.6 Å². The molecule has 2 rings (SSSR count). The molecule has 0 aliphatic carbocycles. The molecule has 78 valence electrons. The Labute approximate surface area is 91.2 Å². The summed E-state index contributed by atoms with van der Waals surface area (Å²) in [5.41, 5.74) is 5.89. The summed E-state index contributed by atoms with van der Waals surface area (Å²) >= 11 is 0. The highest BCUT2D eigenvalue weighted by Crippen LogP contribution is 2.33. The average molecular weight is 213 g/mol. The third-order valence-corrected chi connectivity index (χ3v) is 2.28. The number of primary amides is 1. The van der Waals surface area contributed by atoms with E-state index in [2.05, 4.69) is 5.32 Å². The van der Waals surface area contributed by atoms with Crippen molar-refractivity contribution in [3.8, 4) is 6.07 Å². The van der Waals surface area contributed by atoms with Gasteiger partial charge in [-0.05, 0) is 6.07 Å². The lowest BCUT2D eigenvalue weighted by atomic mass is 10.0. The third-order valence-electron chi connectivity index (χ3n) is 2.28. The molecule has 0 fully saturated rings. The van der Waals surface area contributed by atoms with E-state index in [-0.39, 0.29) is 11.1 Å². The summed E-state index contributed by atoms with van der Waals surface area (Å²) in [7, 11) is 0. The smallest absolute Gasteiger partial charge is 0.260 e. The van der Waals surface area contributed by atoms with Gasteiger partial charge in [0.05, 0.1) is 5.57 Å². The van der Waals surface area contributed by atoms with E-state index in [4.69, 9.17) is 11.0 Å². The lowest BCUT2D eigenvalue weighted by molar-refractivity contribution is -0.115. The summed E-state index contributed by atoms with van der Waals surface area (Å²) in [5.74, 6) is -1.37. The zero-order chi connectivity index (χ0) is 11.7. The standard InChI is InChI=1S/C11H7N3O2/c12-5-7(10(13)15)9-6-3-1-2-4-8(6)14-11(9)16/h1-4H,(H2,13,15)(H,14,16)/b9-7-. The van der Waals surface area contributed by atoms with Crippen LogP contribution in [0.3, 0.4) is 0 Å². The van der Waals surface area contributed by atoms with Crippen LogP contribution in [0.4, 0.5) is 5.69 Å². The van der Waals surface area contributed by atoms with Crippen LogP contribution in [-0.2, 0) is 9.59 Å². The Balaban J connectivity index is 2.72. The number of nitrogens with zero attached hydrogens (tertiary/aromatic N) is 1. The zero-order valence-corrected chi connectivity index (χ0v) is 8.15. The van der Waals surface area contributed by atoms with Crippen LogP contribution in [0.25, 0.3) is 5.57 Å². The first-order chi connectivity index (χ1) is 7.65. The number of para-hydroxylation sites is 1. The van der Waals surface area contributed by atoms with Gasteiger partial charge in [-0.2, -0.15) is 5.26 Å². The monoisotopic (exact) mass is 213 g/mol. The first-order valence-corrected chi connectivity index (χ1v) is 4.50. The molecule has 1 aromatic carbocycles. The molecule has 16 heavy (non-hydrogen) atoms. The molecule has 0 radical (unpaired) electrons. The topological polar surface area (TPSA) is 96.0 Å². The number of benzene rings is 1. The molecule has 0 saturated carbocycles. The lowest BCUT2D eigenvalue weighted by Crippen LogP contribution is -2.17. The highest BCUT2D eigenvalue weighted by Gasteiger charge is 2.28. The van der Waals surface area contributed by atoms with Crippen molar-refractivity contribution in [1.29, 1.82) is 5.26 Å². The van der Waals surface area contributed by atoms with E-state index in [9.17, 15) is 9.59 Å². The molecular weight excluding hydrogens is 206 g/mol. The van der Waals surface area contributed by atoms with Gasteiger partial charge in [0.2, 0.25) is 0 Å². The molecule has 0 aromatic heterocycles. The summed E-state index contributed by atoms with van der Waals surface area (Å²) in [4.78, 5) is 22.6. The van der Waals surface area contributed by atoms with E-state index >= 15 is 0 Å².